The Morgan fingerprint density at radius 2 is 2.25 bits per heavy atom. The second-order valence-electron chi connectivity index (χ2n) is 3.78. The highest BCUT2D eigenvalue weighted by molar-refractivity contribution is 5.79. The molecule has 1 rings (SSSR count). The van der Waals surface area contributed by atoms with Crippen LogP contribution in [0.3, 0.4) is 0 Å². The maximum Gasteiger partial charge on any atom is 0.133 e. The third-order valence-electron chi connectivity index (χ3n) is 3.14. The van der Waals surface area contributed by atoms with Crippen LogP contribution < -0.4 is 0 Å². The smallest absolute Gasteiger partial charge is 0.133 e. The SMILES string of the molecule is C=CC1CCC(CC)C1C(C)=O. The zero-order chi connectivity index (χ0) is 9.14. The molecule has 1 nitrogen and oxygen atoms in total. The summed E-state index contributed by atoms with van der Waals surface area (Å²) in [6, 6.07) is 0. The summed E-state index contributed by atoms with van der Waals surface area (Å²) in [6.45, 7) is 7.68. The lowest BCUT2D eigenvalue weighted by Crippen LogP contribution is -2.21. The first-order chi connectivity index (χ1) is 5.70. The van der Waals surface area contributed by atoms with E-state index < -0.39 is 0 Å². The quantitative estimate of drug-likeness (QED) is 0.589. The summed E-state index contributed by atoms with van der Waals surface area (Å²) < 4.78 is 0. The molecule has 0 N–H and O–H groups in total. The zero-order valence-electron chi connectivity index (χ0n) is 8.05. The van der Waals surface area contributed by atoms with Gasteiger partial charge >= 0.3 is 0 Å². The molecule has 0 radical (unpaired) electrons. The van der Waals surface area contributed by atoms with E-state index in [0.717, 1.165) is 12.8 Å². The first-order valence-corrected chi connectivity index (χ1v) is 4.83. The van der Waals surface area contributed by atoms with Crippen molar-refractivity contribution in [3.63, 3.8) is 0 Å². The maximum absolute atomic E-state index is 11.3. The lowest BCUT2D eigenvalue weighted by Gasteiger charge is -2.18. The van der Waals surface area contributed by atoms with Gasteiger partial charge in [0.2, 0.25) is 0 Å². The van der Waals surface area contributed by atoms with Gasteiger partial charge in [-0.05, 0) is 31.6 Å². The van der Waals surface area contributed by atoms with E-state index in [-0.39, 0.29) is 5.92 Å². The molecule has 0 heterocycles. The topological polar surface area (TPSA) is 17.1 Å². The minimum absolute atomic E-state index is 0.271. The third-order valence-corrected chi connectivity index (χ3v) is 3.14. The van der Waals surface area contributed by atoms with E-state index in [1.165, 1.54) is 6.42 Å². The highest BCUT2D eigenvalue weighted by Crippen LogP contribution is 2.39. The monoisotopic (exact) mass is 166 g/mol. The summed E-state index contributed by atoms with van der Waals surface area (Å²) in [7, 11) is 0. The summed E-state index contributed by atoms with van der Waals surface area (Å²) in [6.07, 6.45) is 5.46. The molecule has 1 aliphatic carbocycles. The Morgan fingerprint density at radius 3 is 2.67 bits per heavy atom. The fraction of sp³-hybridized carbons (Fsp3) is 0.727. The van der Waals surface area contributed by atoms with E-state index in [2.05, 4.69) is 13.5 Å². The molecule has 0 aliphatic heterocycles. The Hall–Kier alpha value is -0.590. The second kappa shape index (κ2) is 3.88. The number of Topliss-reactive ketones (excluding diaryl/α,β-unsaturated/α-hetero) is 1. The van der Waals surface area contributed by atoms with E-state index in [9.17, 15) is 4.79 Å². The highest BCUT2D eigenvalue weighted by Gasteiger charge is 2.35. The average Bonchev–Trinajstić information content (AvgIpc) is 2.46. The average molecular weight is 166 g/mol. The zero-order valence-corrected chi connectivity index (χ0v) is 8.05. The molecule has 0 spiro atoms. The van der Waals surface area contributed by atoms with Crippen molar-refractivity contribution in [3.8, 4) is 0 Å². The summed E-state index contributed by atoms with van der Waals surface area (Å²) in [5, 5.41) is 0. The lowest BCUT2D eigenvalue weighted by molar-refractivity contribution is -0.122. The van der Waals surface area contributed by atoms with Crippen molar-refractivity contribution in [3.05, 3.63) is 12.7 Å². The normalized spacial score (nSPS) is 35.0. The number of hydrogen-bond acceptors (Lipinski definition) is 1. The predicted octanol–water partition coefficient (Wildman–Crippen LogP) is 2.81. The van der Waals surface area contributed by atoms with E-state index >= 15 is 0 Å². The molecule has 12 heavy (non-hydrogen) atoms. The summed E-state index contributed by atoms with van der Waals surface area (Å²) in [5.41, 5.74) is 0. The molecule has 1 aliphatic rings. The van der Waals surface area contributed by atoms with Crippen LogP contribution in [0.15, 0.2) is 12.7 Å². The molecule has 1 saturated carbocycles. The Kier molecular flexibility index (Phi) is 3.07. The number of allylic oxidation sites excluding steroid dienone is 1. The predicted molar refractivity (Wildman–Crippen MR) is 50.9 cm³/mol. The molecular weight excluding hydrogens is 148 g/mol. The van der Waals surface area contributed by atoms with Gasteiger partial charge in [-0.1, -0.05) is 19.4 Å². The lowest BCUT2D eigenvalue weighted by atomic mass is 9.85. The number of rotatable bonds is 3. The van der Waals surface area contributed by atoms with Gasteiger partial charge in [0, 0.05) is 5.92 Å². The molecule has 68 valence electrons. The largest absolute Gasteiger partial charge is 0.300 e. The number of ketones is 1. The molecular formula is C11H18O. The van der Waals surface area contributed by atoms with Gasteiger partial charge < -0.3 is 0 Å². The van der Waals surface area contributed by atoms with Crippen LogP contribution in [0, 0.1) is 17.8 Å². The molecule has 0 aromatic carbocycles. The Labute approximate surface area is 74.9 Å². The molecule has 3 unspecified atom stereocenters. The standard InChI is InChI=1S/C11H18O/c1-4-9-6-7-10(5-2)11(9)8(3)12/h4,9-11H,1,5-7H2,2-3H3. The van der Waals surface area contributed by atoms with Gasteiger partial charge in [0.15, 0.2) is 0 Å². The van der Waals surface area contributed by atoms with Crippen LogP contribution in [-0.4, -0.2) is 5.78 Å². The summed E-state index contributed by atoms with van der Waals surface area (Å²) in [5.74, 6) is 1.69. The minimum atomic E-state index is 0.271. The van der Waals surface area contributed by atoms with Crippen LogP contribution >= 0.6 is 0 Å². The van der Waals surface area contributed by atoms with Crippen LogP contribution in [0.1, 0.15) is 33.1 Å². The Bertz CT molecular complexity index is 183. The number of hydrogen-bond donors (Lipinski definition) is 0. The van der Waals surface area contributed by atoms with Gasteiger partial charge in [-0.2, -0.15) is 0 Å². The van der Waals surface area contributed by atoms with Crippen molar-refractivity contribution < 1.29 is 4.79 Å². The van der Waals surface area contributed by atoms with Crippen LogP contribution in [0.5, 0.6) is 0 Å². The van der Waals surface area contributed by atoms with Crippen molar-refractivity contribution in [1.82, 2.24) is 0 Å². The van der Waals surface area contributed by atoms with Crippen LogP contribution in [0.25, 0.3) is 0 Å². The third kappa shape index (κ3) is 1.60. The second-order valence-corrected chi connectivity index (χ2v) is 3.78. The van der Waals surface area contributed by atoms with E-state index in [1.54, 1.807) is 6.92 Å². The Morgan fingerprint density at radius 1 is 1.58 bits per heavy atom. The molecule has 1 heteroatoms. The first kappa shape index (κ1) is 9.50. The van der Waals surface area contributed by atoms with Gasteiger partial charge in [0.25, 0.3) is 0 Å². The van der Waals surface area contributed by atoms with Gasteiger partial charge in [0.1, 0.15) is 5.78 Å². The summed E-state index contributed by atoms with van der Waals surface area (Å²) in [4.78, 5) is 11.3. The van der Waals surface area contributed by atoms with Crippen molar-refractivity contribution in [2.75, 3.05) is 0 Å². The Balaban J connectivity index is 2.71. The highest BCUT2D eigenvalue weighted by atomic mass is 16.1. The summed E-state index contributed by atoms with van der Waals surface area (Å²) >= 11 is 0. The van der Waals surface area contributed by atoms with Gasteiger partial charge in [-0.3, -0.25) is 4.79 Å². The maximum atomic E-state index is 11.3. The van der Waals surface area contributed by atoms with E-state index in [4.69, 9.17) is 0 Å². The van der Waals surface area contributed by atoms with Crippen LogP contribution in [0.2, 0.25) is 0 Å². The molecule has 0 amide bonds. The molecule has 0 saturated heterocycles. The van der Waals surface area contributed by atoms with Crippen molar-refractivity contribution >= 4 is 5.78 Å². The van der Waals surface area contributed by atoms with Crippen molar-refractivity contribution in [1.29, 1.82) is 0 Å². The first-order valence-electron chi connectivity index (χ1n) is 4.83. The van der Waals surface area contributed by atoms with Crippen molar-refractivity contribution in [2.45, 2.75) is 33.1 Å². The molecule has 0 bridgehead atoms. The van der Waals surface area contributed by atoms with Gasteiger partial charge in [0.05, 0.1) is 0 Å². The van der Waals surface area contributed by atoms with Gasteiger partial charge in [-0.25, -0.2) is 0 Å². The minimum Gasteiger partial charge on any atom is -0.300 e. The number of carbonyl (C=O) groups is 1. The molecule has 1 fully saturated rings. The van der Waals surface area contributed by atoms with Gasteiger partial charge in [-0.15, -0.1) is 6.58 Å². The van der Waals surface area contributed by atoms with Crippen LogP contribution in [-0.2, 0) is 4.79 Å². The fourth-order valence-corrected chi connectivity index (χ4v) is 2.47. The van der Waals surface area contributed by atoms with E-state index in [1.807, 2.05) is 6.08 Å². The molecule has 0 aromatic heterocycles. The molecule has 3 atom stereocenters. The van der Waals surface area contributed by atoms with E-state index in [0.29, 0.717) is 17.6 Å². The van der Waals surface area contributed by atoms with Crippen LogP contribution in [0.4, 0.5) is 0 Å². The number of carbonyl (C=O) groups excluding carboxylic acids is 1. The fourth-order valence-electron chi connectivity index (χ4n) is 2.47. The molecule has 0 aromatic rings. The van der Waals surface area contributed by atoms with Crippen molar-refractivity contribution in [2.24, 2.45) is 17.8 Å².